The van der Waals surface area contributed by atoms with Gasteiger partial charge in [-0.3, -0.25) is 9.59 Å². The van der Waals surface area contributed by atoms with Gasteiger partial charge < -0.3 is 24.6 Å². The van der Waals surface area contributed by atoms with Crippen LogP contribution in [0.5, 0.6) is 11.5 Å². The van der Waals surface area contributed by atoms with Gasteiger partial charge in [-0.05, 0) is 44.9 Å². The first-order chi connectivity index (χ1) is 13.1. The molecule has 2 aliphatic heterocycles. The summed E-state index contributed by atoms with van der Waals surface area (Å²) in [5, 5.41) is 3.10. The van der Waals surface area contributed by atoms with Gasteiger partial charge in [0, 0.05) is 37.8 Å². The molecule has 1 aromatic carbocycles. The average molecular weight is 375 g/mol. The average Bonchev–Trinajstić information content (AvgIpc) is 2.69. The molecule has 1 unspecified atom stereocenters. The SMILES string of the molecule is CCOc1ccc(C(=O)N2CCCC(N3CCNCC3=O)C2)cc1OCC. The molecule has 7 nitrogen and oxygen atoms in total. The van der Waals surface area contributed by atoms with E-state index in [0.29, 0.717) is 56.5 Å². The minimum Gasteiger partial charge on any atom is -0.490 e. The number of carbonyl (C=O) groups is 2. The van der Waals surface area contributed by atoms with E-state index in [2.05, 4.69) is 5.32 Å². The van der Waals surface area contributed by atoms with Gasteiger partial charge in [-0.2, -0.15) is 0 Å². The number of nitrogens with one attached hydrogen (secondary N) is 1. The summed E-state index contributed by atoms with van der Waals surface area (Å²) in [6.07, 6.45) is 1.85. The van der Waals surface area contributed by atoms with E-state index in [4.69, 9.17) is 9.47 Å². The van der Waals surface area contributed by atoms with Crippen LogP contribution in [0.4, 0.5) is 0 Å². The number of amides is 2. The molecular formula is C20H29N3O4. The molecule has 1 N–H and O–H groups in total. The zero-order valence-corrected chi connectivity index (χ0v) is 16.2. The van der Waals surface area contributed by atoms with E-state index in [9.17, 15) is 9.59 Å². The van der Waals surface area contributed by atoms with Crippen LogP contribution < -0.4 is 14.8 Å². The number of hydrogen-bond donors (Lipinski definition) is 1. The van der Waals surface area contributed by atoms with Crippen LogP contribution in [0, 0.1) is 0 Å². The highest BCUT2D eigenvalue weighted by Gasteiger charge is 2.32. The van der Waals surface area contributed by atoms with E-state index in [1.165, 1.54) is 0 Å². The summed E-state index contributed by atoms with van der Waals surface area (Å²) in [4.78, 5) is 29.0. The molecule has 2 fully saturated rings. The van der Waals surface area contributed by atoms with Crippen molar-refractivity contribution in [3.63, 3.8) is 0 Å². The van der Waals surface area contributed by atoms with Crippen molar-refractivity contribution in [3.05, 3.63) is 23.8 Å². The largest absolute Gasteiger partial charge is 0.490 e. The van der Waals surface area contributed by atoms with E-state index in [1.54, 1.807) is 18.2 Å². The molecule has 27 heavy (non-hydrogen) atoms. The summed E-state index contributed by atoms with van der Waals surface area (Å²) >= 11 is 0. The number of rotatable bonds is 6. The van der Waals surface area contributed by atoms with E-state index >= 15 is 0 Å². The Morgan fingerprint density at radius 3 is 2.70 bits per heavy atom. The Morgan fingerprint density at radius 1 is 1.19 bits per heavy atom. The molecule has 2 saturated heterocycles. The predicted molar refractivity (Wildman–Crippen MR) is 102 cm³/mol. The summed E-state index contributed by atoms with van der Waals surface area (Å²) in [5.41, 5.74) is 0.592. The van der Waals surface area contributed by atoms with Gasteiger partial charge in [0.15, 0.2) is 11.5 Å². The second-order valence-electron chi connectivity index (χ2n) is 6.84. The topological polar surface area (TPSA) is 71.1 Å². The molecule has 2 amide bonds. The summed E-state index contributed by atoms with van der Waals surface area (Å²) < 4.78 is 11.2. The number of hydrogen-bond acceptors (Lipinski definition) is 5. The van der Waals surface area contributed by atoms with Crippen LogP contribution in [0.2, 0.25) is 0 Å². The van der Waals surface area contributed by atoms with Crippen LogP contribution in [0.15, 0.2) is 18.2 Å². The number of carbonyl (C=O) groups excluding carboxylic acids is 2. The standard InChI is InChI=1S/C20H29N3O4/c1-3-26-17-8-7-15(12-18(17)27-4-2)20(25)22-10-5-6-16(14-22)23-11-9-21-13-19(23)24/h7-8,12,16,21H,3-6,9-11,13-14H2,1-2H3. The molecule has 1 atom stereocenters. The molecule has 0 radical (unpaired) electrons. The van der Waals surface area contributed by atoms with Crippen LogP contribution in [0.1, 0.15) is 37.0 Å². The van der Waals surface area contributed by atoms with Crippen molar-refractivity contribution in [3.8, 4) is 11.5 Å². The second kappa shape index (κ2) is 9.08. The molecule has 7 heteroatoms. The van der Waals surface area contributed by atoms with Crippen LogP contribution in [0.3, 0.4) is 0 Å². The van der Waals surface area contributed by atoms with Crippen molar-refractivity contribution >= 4 is 11.8 Å². The molecule has 0 aromatic heterocycles. The number of piperazine rings is 1. The number of piperidine rings is 1. The first kappa shape index (κ1) is 19.5. The van der Waals surface area contributed by atoms with Gasteiger partial charge in [0.1, 0.15) is 0 Å². The molecule has 0 saturated carbocycles. The van der Waals surface area contributed by atoms with E-state index in [1.807, 2.05) is 23.6 Å². The molecule has 1 aromatic rings. The normalized spacial score (nSPS) is 20.5. The molecule has 148 valence electrons. The maximum Gasteiger partial charge on any atom is 0.254 e. The maximum atomic E-state index is 13.0. The Bertz CT molecular complexity index is 679. The molecule has 2 aliphatic rings. The van der Waals surface area contributed by atoms with Gasteiger partial charge in [-0.25, -0.2) is 0 Å². The third-order valence-electron chi connectivity index (χ3n) is 5.04. The maximum absolute atomic E-state index is 13.0. The van der Waals surface area contributed by atoms with E-state index < -0.39 is 0 Å². The zero-order chi connectivity index (χ0) is 19.2. The van der Waals surface area contributed by atoms with Gasteiger partial charge in [0.05, 0.1) is 19.8 Å². The number of nitrogens with zero attached hydrogens (tertiary/aromatic N) is 2. The summed E-state index contributed by atoms with van der Waals surface area (Å²) in [6.45, 7) is 8.09. The van der Waals surface area contributed by atoms with Crippen molar-refractivity contribution in [1.82, 2.24) is 15.1 Å². The third kappa shape index (κ3) is 4.53. The quantitative estimate of drug-likeness (QED) is 0.816. The van der Waals surface area contributed by atoms with Gasteiger partial charge in [-0.15, -0.1) is 0 Å². The Labute approximate surface area is 160 Å². The van der Waals surface area contributed by atoms with Gasteiger partial charge in [0.2, 0.25) is 5.91 Å². The lowest BCUT2D eigenvalue weighted by molar-refractivity contribution is -0.135. The molecule has 3 rings (SSSR count). The predicted octanol–water partition coefficient (Wildman–Crippen LogP) is 1.52. The second-order valence-corrected chi connectivity index (χ2v) is 6.84. The Morgan fingerprint density at radius 2 is 1.96 bits per heavy atom. The fourth-order valence-corrected chi connectivity index (χ4v) is 3.77. The molecule has 0 spiro atoms. The Hall–Kier alpha value is -2.28. The van der Waals surface area contributed by atoms with Crippen molar-refractivity contribution in [2.75, 3.05) is 45.9 Å². The highest BCUT2D eigenvalue weighted by Crippen LogP contribution is 2.29. The van der Waals surface area contributed by atoms with Gasteiger partial charge >= 0.3 is 0 Å². The highest BCUT2D eigenvalue weighted by atomic mass is 16.5. The monoisotopic (exact) mass is 375 g/mol. The molecule has 0 bridgehead atoms. The molecule has 2 heterocycles. The van der Waals surface area contributed by atoms with Crippen LogP contribution >= 0.6 is 0 Å². The van der Waals surface area contributed by atoms with Crippen LogP contribution in [-0.4, -0.2) is 73.6 Å². The summed E-state index contributed by atoms with van der Waals surface area (Å²) in [5.74, 6) is 1.35. The van der Waals surface area contributed by atoms with Crippen LogP contribution in [0.25, 0.3) is 0 Å². The van der Waals surface area contributed by atoms with Gasteiger partial charge in [-0.1, -0.05) is 0 Å². The van der Waals surface area contributed by atoms with Crippen LogP contribution in [-0.2, 0) is 4.79 Å². The Balaban J connectivity index is 1.72. The summed E-state index contributed by atoms with van der Waals surface area (Å²) in [6, 6.07) is 5.45. The number of likely N-dealkylation sites (tertiary alicyclic amines) is 1. The third-order valence-corrected chi connectivity index (χ3v) is 5.04. The first-order valence-electron chi connectivity index (χ1n) is 9.83. The highest BCUT2D eigenvalue weighted by molar-refractivity contribution is 5.95. The lowest BCUT2D eigenvalue weighted by Crippen LogP contribution is -2.57. The van der Waals surface area contributed by atoms with E-state index in [0.717, 1.165) is 19.4 Å². The lowest BCUT2D eigenvalue weighted by Gasteiger charge is -2.41. The number of ether oxygens (including phenoxy) is 2. The minimum atomic E-state index is -0.0220. The summed E-state index contributed by atoms with van der Waals surface area (Å²) in [7, 11) is 0. The fraction of sp³-hybridized carbons (Fsp3) is 0.600. The fourth-order valence-electron chi connectivity index (χ4n) is 3.77. The first-order valence-corrected chi connectivity index (χ1v) is 9.83. The lowest BCUT2D eigenvalue weighted by atomic mass is 10.0. The molecule has 0 aliphatic carbocycles. The molecular weight excluding hydrogens is 346 g/mol. The Kier molecular flexibility index (Phi) is 6.55. The van der Waals surface area contributed by atoms with Gasteiger partial charge in [0.25, 0.3) is 5.91 Å². The van der Waals surface area contributed by atoms with Crippen molar-refractivity contribution in [2.24, 2.45) is 0 Å². The zero-order valence-electron chi connectivity index (χ0n) is 16.2. The minimum absolute atomic E-state index is 0.0220. The van der Waals surface area contributed by atoms with E-state index in [-0.39, 0.29) is 17.9 Å². The van der Waals surface area contributed by atoms with Crippen molar-refractivity contribution in [2.45, 2.75) is 32.7 Å². The van der Waals surface area contributed by atoms with Crippen molar-refractivity contribution < 1.29 is 19.1 Å². The van der Waals surface area contributed by atoms with Crippen molar-refractivity contribution in [1.29, 1.82) is 0 Å². The number of benzene rings is 1. The smallest absolute Gasteiger partial charge is 0.254 e.